The van der Waals surface area contributed by atoms with Crippen LogP contribution in [0.4, 0.5) is 30.2 Å². The summed E-state index contributed by atoms with van der Waals surface area (Å²) in [5, 5.41) is 18.9. The summed E-state index contributed by atoms with van der Waals surface area (Å²) in [6, 6.07) is 6.50. The third kappa shape index (κ3) is 2.75. The van der Waals surface area contributed by atoms with E-state index in [1.165, 1.54) is 18.2 Å². The highest BCUT2D eigenvalue weighted by Crippen LogP contribution is 2.48. The van der Waals surface area contributed by atoms with E-state index in [-0.39, 0.29) is 22.2 Å². The minimum Gasteiger partial charge on any atom is -0.506 e. The number of aromatic nitrogens is 1. The molecule has 2 fully saturated rings. The Kier molecular flexibility index (Phi) is 4.36. The first-order chi connectivity index (χ1) is 14.1. The molecule has 2 aliphatic rings. The summed E-state index contributed by atoms with van der Waals surface area (Å²) >= 11 is 5.47. The zero-order chi connectivity index (χ0) is 21.8. The molecule has 11 heteroatoms. The number of nitriles is 1. The van der Waals surface area contributed by atoms with Gasteiger partial charge in [0.1, 0.15) is 17.4 Å². The normalized spacial score (nSPS) is 17.9. The molecule has 1 aromatic heterocycles. The van der Waals surface area contributed by atoms with Crippen LogP contribution in [0.3, 0.4) is 0 Å². The summed E-state index contributed by atoms with van der Waals surface area (Å²) in [7, 11) is 0. The Balaban J connectivity index is 1.83. The molecular formula is C19H14F3N5O2S. The maximum Gasteiger partial charge on any atom is 0.419 e. The summed E-state index contributed by atoms with van der Waals surface area (Å²) in [5.41, 5.74) is 2.93. The van der Waals surface area contributed by atoms with Crippen LogP contribution in [0.2, 0.25) is 0 Å². The Morgan fingerprint density at radius 3 is 2.50 bits per heavy atom. The number of nitrogen functional groups attached to an aromatic ring is 1. The molecule has 1 aliphatic carbocycles. The predicted molar refractivity (Wildman–Crippen MR) is 106 cm³/mol. The van der Waals surface area contributed by atoms with Crippen LogP contribution < -0.4 is 15.5 Å². The minimum absolute atomic E-state index is 0.0384. The van der Waals surface area contributed by atoms with Crippen molar-refractivity contribution in [2.75, 3.05) is 15.5 Å². The van der Waals surface area contributed by atoms with Crippen molar-refractivity contribution in [1.29, 1.82) is 5.26 Å². The first kappa shape index (κ1) is 19.9. The smallest absolute Gasteiger partial charge is 0.419 e. The van der Waals surface area contributed by atoms with Crippen LogP contribution in [0.1, 0.15) is 30.5 Å². The average Bonchev–Trinajstić information content (AvgIpc) is 2.90. The van der Waals surface area contributed by atoms with Gasteiger partial charge in [0.05, 0.1) is 23.1 Å². The molecule has 3 N–H and O–H groups in total. The van der Waals surface area contributed by atoms with Crippen molar-refractivity contribution in [3.05, 3.63) is 41.7 Å². The van der Waals surface area contributed by atoms with E-state index in [0.29, 0.717) is 24.6 Å². The van der Waals surface area contributed by atoms with Crippen molar-refractivity contribution >= 4 is 40.3 Å². The maximum atomic E-state index is 13.4. The van der Waals surface area contributed by atoms with E-state index in [1.807, 2.05) is 0 Å². The SMILES string of the molecule is N#Cc1ncc(N2C(=O)C3(CCC3)N(c3ccc(N)c(O)c3)C2=S)cc1C(F)(F)F. The zero-order valence-corrected chi connectivity index (χ0v) is 16.1. The summed E-state index contributed by atoms with van der Waals surface area (Å²) in [5.74, 6) is -0.676. The summed E-state index contributed by atoms with van der Waals surface area (Å²) in [6.45, 7) is 0. The molecule has 2 heterocycles. The summed E-state index contributed by atoms with van der Waals surface area (Å²) in [6.07, 6.45) is -2.17. The topological polar surface area (TPSA) is 106 Å². The molecule has 0 radical (unpaired) electrons. The quantitative estimate of drug-likeness (QED) is 0.425. The van der Waals surface area contributed by atoms with Crippen molar-refractivity contribution in [2.24, 2.45) is 0 Å². The van der Waals surface area contributed by atoms with E-state index in [4.69, 9.17) is 23.2 Å². The fraction of sp³-hybridized carbons (Fsp3) is 0.263. The Hall–Kier alpha value is -3.39. The highest BCUT2D eigenvalue weighted by Gasteiger charge is 2.59. The van der Waals surface area contributed by atoms with Gasteiger partial charge in [0.25, 0.3) is 5.91 Å². The van der Waals surface area contributed by atoms with Crippen molar-refractivity contribution < 1.29 is 23.1 Å². The summed E-state index contributed by atoms with van der Waals surface area (Å²) < 4.78 is 40.1. The number of hydrogen-bond acceptors (Lipinski definition) is 6. The number of nitrogens with zero attached hydrogens (tertiary/aromatic N) is 4. The van der Waals surface area contributed by atoms with E-state index < -0.39 is 28.9 Å². The number of hydrogen-bond donors (Lipinski definition) is 2. The van der Waals surface area contributed by atoms with E-state index in [0.717, 1.165) is 17.5 Å². The van der Waals surface area contributed by atoms with Gasteiger partial charge in [0.2, 0.25) is 0 Å². The van der Waals surface area contributed by atoms with Gasteiger partial charge in [-0.05, 0) is 49.7 Å². The number of halogens is 3. The molecule has 0 atom stereocenters. The fourth-order valence-corrected chi connectivity index (χ4v) is 4.23. The van der Waals surface area contributed by atoms with Gasteiger partial charge >= 0.3 is 6.18 Å². The molecule has 1 saturated carbocycles. The Morgan fingerprint density at radius 2 is 1.97 bits per heavy atom. The van der Waals surface area contributed by atoms with Crippen LogP contribution in [-0.2, 0) is 11.0 Å². The van der Waals surface area contributed by atoms with E-state index in [1.54, 1.807) is 11.0 Å². The van der Waals surface area contributed by atoms with Gasteiger partial charge in [0.15, 0.2) is 10.8 Å². The first-order valence-electron chi connectivity index (χ1n) is 8.85. The molecule has 1 saturated heterocycles. The third-order valence-electron chi connectivity index (χ3n) is 5.41. The molecule has 7 nitrogen and oxygen atoms in total. The van der Waals surface area contributed by atoms with Gasteiger partial charge in [0, 0.05) is 11.8 Å². The highest BCUT2D eigenvalue weighted by atomic mass is 32.1. The molecule has 30 heavy (non-hydrogen) atoms. The number of rotatable bonds is 2. The van der Waals surface area contributed by atoms with Gasteiger partial charge in [-0.2, -0.15) is 18.4 Å². The van der Waals surface area contributed by atoms with Crippen LogP contribution in [0.25, 0.3) is 0 Å². The van der Waals surface area contributed by atoms with Gasteiger partial charge in [-0.25, -0.2) is 4.98 Å². The van der Waals surface area contributed by atoms with Crippen molar-refractivity contribution in [3.63, 3.8) is 0 Å². The minimum atomic E-state index is -4.82. The monoisotopic (exact) mass is 433 g/mol. The van der Waals surface area contributed by atoms with Crippen LogP contribution in [-0.4, -0.2) is 26.6 Å². The average molecular weight is 433 g/mol. The molecule has 1 aromatic carbocycles. The Labute approximate surface area is 174 Å². The lowest BCUT2D eigenvalue weighted by molar-refractivity contribution is -0.138. The van der Waals surface area contributed by atoms with E-state index in [9.17, 15) is 23.1 Å². The molecule has 1 aliphatic heterocycles. The molecular weight excluding hydrogens is 419 g/mol. The number of thiocarbonyl (C=S) groups is 1. The van der Waals surface area contributed by atoms with Gasteiger partial charge < -0.3 is 15.7 Å². The molecule has 154 valence electrons. The van der Waals surface area contributed by atoms with Crippen LogP contribution >= 0.6 is 12.2 Å². The standard InChI is InChI=1S/C19H14F3N5O2S/c20-19(21,22)12-6-11(9-25-14(12)8-23)26-16(29)18(4-1-5-18)27(17(26)30)10-2-3-13(24)15(28)7-10/h2-3,6-7,9,28H,1,4-5,24H2. The second kappa shape index (κ2) is 6.56. The number of carbonyl (C=O) groups is 1. The van der Waals surface area contributed by atoms with Gasteiger partial charge in [-0.15, -0.1) is 0 Å². The number of phenolic OH excluding ortho intramolecular Hbond substituents is 1. The maximum absolute atomic E-state index is 13.4. The lowest BCUT2D eigenvalue weighted by Crippen LogP contribution is -2.55. The van der Waals surface area contributed by atoms with Crippen molar-refractivity contribution in [3.8, 4) is 11.8 Å². The lowest BCUT2D eigenvalue weighted by Gasteiger charge is -2.43. The molecule has 4 rings (SSSR count). The second-order valence-corrected chi connectivity index (χ2v) is 7.45. The first-order valence-corrected chi connectivity index (χ1v) is 9.25. The molecule has 0 unspecified atom stereocenters. The number of carbonyl (C=O) groups excluding carboxylic acids is 1. The lowest BCUT2D eigenvalue weighted by atomic mass is 9.75. The molecule has 0 bridgehead atoms. The number of pyridine rings is 1. The summed E-state index contributed by atoms with van der Waals surface area (Å²) in [4.78, 5) is 19.4. The largest absolute Gasteiger partial charge is 0.506 e. The molecule has 1 spiro atoms. The second-order valence-electron chi connectivity index (χ2n) is 7.09. The fourth-order valence-electron chi connectivity index (χ4n) is 3.76. The number of amides is 1. The van der Waals surface area contributed by atoms with Crippen LogP contribution in [0.15, 0.2) is 30.5 Å². The Bertz CT molecular complexity index is 1120. The van der Waals surface area contributed by atoms with Gasteiger partial charge in [-0.1, -0.05) is 0 Å². The Morgan fingerprint density at radius 1 is 1.27 bits per heavy atom. The number of anilines is 3. The van der Waals surface area contributed by atoms with E-state index in [2.05, 4.69) is 4.98 Å². The molecule has 2 aromatic rings. The van der Waals surface area contributed by atoms with Crippen LogP contribution in [0, 0.1) is 11.3 Å². The predicted octanol–water partition coefficient (Wildman–Crippen LogP) is 3.32. The van der Waals surface area contributed by atoms with Crippen molar-refractivity contribution in [1.82, 2.24) is 4.98 Å². The number of benzene rings is 1. The third-order valence-corrected chi connectivity index (χ3v) is 5.77. The zero-order valence-electron chi connectivity index (χ0n) is 15.3. The molecule has 1 amide bonds. The van der Waals surface area contributed by atoms with E-state index >= 15 is 0 Å². The van der Waals surface area contributed by atoms with Crippen molar-refractivity contribution in [2.45, 2.75) is 31.0 Å². The number of nitrogens with two attached hydrogens (primary N) is 1. The van der Waals surface area contributed by atoms with Gasteiger partial charge in [-0.3, -0.25) is 9.69 Å². The van der Waals surface area contributed by atoms with Crippen LogP contribution in [0.5, 0.6) is 5.75 Å². The number of alkyl halides is 3. The number of aromatic hydroxyl groups is 1. The highest BCUT2D eigenvalue weighted by molar-refractivity contribution is 7.81. The number of phenols is 1.